The van der Waals surface area contributed by atoms with E-state index in [1.54, 1.807) is 26.0 Å². The van der Waals surface area contributed by atoms with Crippen molar-refractivity contribution in [3.63, 3.8) is 0 Å². The molecule has 0 heterocycles. The first kappa shape index (κ1) is 17.0. The molecule has 1 aromatic rings. The first-order chi connectivity index (χ1) is 9.85. The number of carbonyl (C=O) groups is 2. The Balaban J connectivity index is 2.64. The van der Waals surface area contributed by atoms with E-state index in [9.17, 15) is 14.7 Å². The number of aliphatic carboxylic acids is 1. The Morgan fingerprint density at radius 1 is 1.24 bits per heavy atom. The predicted octanol–water partition coefficient (Wildman–Crippen LogP) is 2.38. The van der Waals surface area contributed by atoms with E-state index in [2.05, 4.69) is 5.32 Å². The molecule has 0 aliphatic rings. The molecule has 2 N–H and O–H groups in total. The van der Waals surface area contributed by atoms with E-state index in [0.29, 0.717) is 12.2 Å². The third-order valence-corrected chi connectivity index (χ3v) is 3.48. The third kappa shape index (κ3) is 5.10. The minimum absolute atomic E-state index is 0.141. The van der Waals surface area contributed by atoms with Crippen molar-refractivity contribution in [2.45, 2.75) is 46.3 Å². The van der Waals surface area contributed by atoms with Crippen molar-refractivity contribution >= 4 is 11.9 Å². The van der Waals surface area contributed by atoms with E-state index < -0.39 is 24.0 Å². The fourth-order valence-corrected chi connectivity index (χ4v) is 1.83. The molecule has 21 heavy (non-hydrogen) atoms. The van der Waals surface area contributed by atoms with Gasteiger partial charge in [-0.05, 0) is 31.9 Å². The Bertz CT molecular complexity index is 484. The lowest BCUT2D eigenvalue weighted by Crippen LogP contribution is -2.49. The summed E-state index contributed by atoms with van der Waals surface area (Å²) in [6, 6.07) is 6.44. The zero-order chi connectivity index (χ0) is 16.0. The molecule has 0 radical (unpaired) electrons. The summed E-state index contributed by atoms with van der Waals surface area (Å²) in [7, 11) is 0. The van der Waals surface area contributed by atoms with Crippen LogP contribution in [-0.4, -0.2) is 29.1 Å². The smallest absolute Gasteiger partial charge is 0.326 e. The SMILES string of the molecule is CCC(C)C(NC(=O)C(C)Oc1ccc(C)cc1)C(=O)O. The maximum atomic E-state index is 12.1. The van der Waals surface area contributed by atoms with Gasteiger partial charge in [-0.3, -0.25) is 4.79 Å². The van der Waals surface area contributed by atoms with Crippen LogP contribution in [0.25, 0.3) is 0 Å². The van der Waals surface area contributed by atoms with Crippen LogP contribution < -0.4 is 10.1 Å². The van der Waals surface area contributed by atoms with Gasteiger partial charge in [-0.1, -0.05) is 38.0 Å². The highest BCUT2D eigenvalue weighted by molar-refractivity contribution is 5.86. The van der Waals surface area contributed by atoms with Gasteiger partial charge in [-0.15, -0.1) is 0 Å². The molecule has 0 spiro atoms. The number of carboxylic acid groups (broad SMARTS) is 1. The maximum absolute atomic E-state index is 12.1. The van der Waals surface area contributed by atoms with Gasteiger partial charge in [0.1, 0.15) is 11.8 Å². The molecule has 0 bridgehead atoms. The molecule has 5 heteroatoms. The molecule has 0 saturated heterocycles. The highest BCUT2D eigenvalue weighted by Gasteiger charge is 2.27. The number of amides is 1. The molecule has 1 amide bonds. The Kier molecular flexibility index (Phi) is 6.21. The summed E-state index contributed by atoms with van der Waals surface area (Å²) in [5.74, 6) is -1.01. The van der Waals surface area contributed by atoms with Crippen molar-refractivity contribution < 1.29 is 19.4 Å². The van der Waals surface area contributed by atoms with E-state index in [4.69, 9.17) is 4.74 Å². The maximum Gasteiger partial charge on any atom is 0.326 e. The molecule has 0 fully saturated rings. The molecule has 0 aromatic heterocycles. The van der Waals surface area contributed by atoms with Gasteiger partial charge in [0.2, 0.25) is 0 Å². The second-order valence-electron chi connectivity index (χ2n) is 5.28. The van der Waals surface area contributed by atoms with Crippen LogP contribution >= 0.6 is 0 Å². The van der Waals surface area contributed by atoms with E-state index >= 15 is 0 Å². The van der Waals surface area contributed by atoms with Crippen molar-refractivity contribution in [2.24, 2.45) is 5.92 Å². The molecular formula is C16H23NO4. The van der Waals surface area contributed by atoms with Gasteiger partial charge in [0.15, 0.2) is 6.10 Å². The molecular weight excluding hydrogens is 270 g/mol. The number of aryl methyl sites for hydroxylation is 1. The van der Waals surface area contributed by atoms with Crippen molar-refractivity contribution in [2.75, 3.05) is 0 Å². The Morgan fingerprint density at radius 3 is 2.29 bits per heavy atom. The number of carboxylic acids is 1. The number of hydrogen-bond acceptors (Lipinski definition) is 3. The molecule has 5 nitrogen and oxygen atoms in total. The van der Waals surface area contributed by atoms with Crippen molar-refractivity contribution in [3.8, 4) is 5.75 Å². The standard InChI is InChI=1S/C16H23NO4/c1-5-11(3)14(16(19)20)17-15(18)12(4)21-13-8-6-10(2)7-9-13/h6-9,11-12,14H,5H2,1-4H3,(H,17,18)(H,19,20). The van der Waals surface area contributed by atoms with Gasteiger partial charge < -0.3 is 15.2 Å². The van der Waals surface area contributed by atoms with Crippen LogP contribution in [0, 0.1) is 12.8 Å². The average Bonchev–Trinajstić information content (AvgIpc) is 2.45. The number of carbonyl (C=O) groups excluding carboxylic acids is 1. The minimum Gasteiger partial charge on any atom is -0.481 e. The van der Waals surface area contributed by atoms with Crippen LogP contribution in [0.5, 0.6) is 5.75 Å². The van der Waals surface area contributed by atoms with Gasteiger partial charge in [0.25, 0.3) is 5.91 Å². The number of benzene rings is 1. The summed E-state index contributed by atoms with van der Waals surface area (Å²) in [5, 5.41) is 11.7. The molecule has 1 aromatic carbocycles. The van der Waals surface area contributed by atoms with E-state index in [0.717, 1.165) is 5.56 Å². The van der Waals surface area contributed by atoms with Gasteiger partial charge in [-0.25, -0.2) is 4.79 Å². The largest absolute Gasteiger partial charge is 0.481 e. The van der Waals surface area contributed by atoms with E-state index in [1.165, 1.54) is 0 Å². The summed E-state index contributed by atoms with van der Waals surface area (Å²) < 4.78 is 5.52. The highest BCUT2D eigenvalue weighted by atomic mass is 16.5. The van der Waals surface area contributed by atoms with Gasteiger partial charge >= 0.3 is 5.97 Å². The lowest BCUT2D eigenvalue weighted by atomic mass is 9.99. The first-order valence-electron chi connectivity index (χ1n) is 7.11. The normalized spacial score (nSPS) is 14.9. The topological polar surface area (TPSA) is 75.6 Å². The molecule has 0 aliphatic heterocycles. The Hall–Kier alpha value is -2.04. The first-order valence-corrected chi connectivity index (χ1v) is 7.11. The lowest BCUT2D eigenvalue weighted by molar-refractivity contribution is -0.144. The van der Waals surface area contributed by atoms with Crippen LogP contribution in [0.3, 0.4) is 0 Å². The summed E-state index contributed by atoms with van der Waals surface area (Å²) in [6.45, 7) is 7.25. The quantitative estimate of drug-likeness (QED) is 0.809. The lowest BCUT2D eigenvalue weighted by Gasteiger charge is -2.22. The molecule has 1 rings (SSSR count). The van der Waals surface area contributed by atoms with Crippen molar-refractivity contribution in [3.05, 3.63) is 29.8 Å². The predicted molar refractivity (Wildman–Crippen MR) is 80.3 cm³/mol. The molecule has 3 atom stereocenters. The second-order valence-corrected chi connectivity index (χ2v) is 5.28. The summed E-state index contributed by atoms with van der Waals surface area (Å²) in [6.07, 6.45) is -0.0802. The fourth-order valence-electron chi connectivity index (χ4n) is 1.83. The van der Waals surface area contributed by atoms with Crippen LogP contribution in [0.2, 0.25) is 0 Å². The Morgan fingerprint density at radius 2 is 1.81 bits per heavy atom. The summed E-state index contributed by atoms with van der Waals surface area (Å²) in [4.78, 5) is 23.2. The van der Waals surface area contributed by atoms with Crippen LogP contribution in [-0.2, 0) is 9.59 Å². The zero-order valence-electron chi connectivity index (χ0n) is 12.9. The number of ether oxygens (including phenoxy) is 1. The van der Waals surface area contributed by atoms with Gasteiger partial charge in [-0.2, -0.15) is 0 Å². The molecule has 116 valence electrons. The van der Waals surface area contributed by atoms with Gasteiger partial charge in [0.05, 0.1) is 0 Å². The second kappa shape index (κ2) is 7.67. The summed E-state index contributed by atoms with van der Waals surface area (Å²) in [5.41, 5.74) is 1.10. The van der Waals surface area contributed by atoms with Crippen LogP contribution in [0.4, 0.5) is 0 Å². The average molecular weight is 293 g/mol. The van der Waals surface area contributed by atoms with Crippen molar-refractivity contribution in [1.82, 2.24) is 5.32 Å². The Labute approximate surface area is 125 Å². The number of nitrogens with one attached hydrogen (secondary N) is 1. The van der Waals surface area contributed by atoms with Crippen molar-refractivity contribution in [1.29, 1.82) is 0 Å². The summed E-state index contributed by atoms with van der Waals surface area (Å²) >= 11 is 0. The monoisotopic (exact) mass is 293 g/mol. The van der Waals surface area contributed by atoms with Crippen LogP contribution in [0.1, 0.15) is 32.8 Å². The zero-order valence-corrected chi connectivity index (χ0v) is 12.9. The van der Waals surface area contributed by atoms with Gasteiger partial charge in [0, 0.05) is 0 Å². The molecule has 0 saturated carbocycles. The highest BCUT2D eigenvalue weighted by Crippen LogP contribution is 2.14. The molecule has 0 aliphatic carbocycles. The molecule has 3 unspecified atom stereocenters. The third-order valence-electron chi connectivity index (χ3n) is 3.48. The van der Waals surface area contributed by atoms with E-state index in [-0.39, 0.29) is 5.92 Å². The number of hydrogen-bond donors (Lipinski definition) is 2. The van der Waals surface area contributed by atoms with Crippen LogP contribution in [0.15, 0.2) is 24.3 Å². The number of rotatable bonds is 7. The fraction of sp³-hybridized carbons (Fsp3) is 0.500. The minimum atomic E-state index is -1.03. The van der Waals surface area contributed by atoms with E-state index in [1.807, 2.05) is 26.0 Å².